The summed E-state index contributed by atoms with van der Waals surface area (Å²) in [6.45, 7) is 0. The van der Waals surface area contributed by atoms with E-state index in [1.165, 1.54) is 0 Å². The summed E-state index contributed by atoms with van der Waals surface area (Å²) in [6, 6.07) is 15.0. The highest BCUT2D eigenvalue weighted by Crippen LogP contribution is 2.36. The Morgan fingerprint density at radius 3 is 1.36 bits per heavy atom. The van der Waals surface area contributed by atoms with E-state index in [0.29, 0.717) is 46.6 Å². The lowest BCUT2D eigenvalue weighted by atomic mass is 9.78. The van der Waals surface area contributed by atoms with E-state index in [4.69, 9.17) is 9.47 Å². The van der Waals surface area contributed by atoms with Gasteiger partial charge in [0, 0.05) is 22.3 Å². The predicted molar refractivity (Wildman–Crippen MR) is 105 cm³/mol. The average molecular weight is 370 g/mol. The van der Waals surface area contributed by atoms with Gasteiger partial charge in [-0.05, 0) is 71.5 Å². The number of ketones is 2. The van der Waals surface area contributed by atoms with Crippen molar-refractivity contribution in [2.24, 2.45) is 0 Å². The maximum atomic E-state index is 13.1. The Labute approximate surface area is 162 Å². The van der Waals surface area contributed by atoms with Gasteiger partial charge in [0.2, 0.25) is 0 Å². The summed E-state index contributed by atoms with van der Waals surface area (Å²) in [6.07, 6.45) is 1.26. The molecule has 138 valence electrons. The molecule has 0 saturated heterocycles. The van der Waals surface area contributed by atoms with Crippen LogP contribution in [-0.2, 0) is 12.8 Å². The molecule has 5 rings (SSSR count). The second-order valence-corrected chi connectivity index (χ2v) is 7.22. The van der Waals surface area contributed by atoms with E-state index in [-0.39, 0.29) is 11.6 Å². The molecule has 3 aromatic rings. The molecule has 0 spiro atoms. The number of hydrogen-bond acceptors (Lipinski definition) is 4. The van der Waals surface area contributed by atoms with Crippen LogP contribution in [0.2, 0.25) is 0 Å². The Morgan fingerprint density at radius 1 is 0.571 bits per heavy atom. The van der Waals surface area contributed by atoms with E-state index < -0.39 is 0 Å². The second kappa shape index (κ2) is 6.06. The van der Waals surface area contributed by atoms with E-state index >= 15 is 0 Å². The van der Waals surface area contributed by atoms with Crippen LogP contribution in [0, 0.1) is 0 Å². The molecule has 0 N–H and O–H groups in total. The summed E-state index contributed by atoms with van der Waals surface area (Å²) in [5.41, 5.74) is 6.46. The molecule has 0 radical (unpaired) electrons. The molecular weight excluding hydrogens is 352 g/mol. The van der Waals surface area contributed by atoms with Gasteiger partial charge in [-0.25, -0.2) is 0 Å². The first-order chi connectivity index (χ1) is 13.6. The topological polar surface area (TPSA) is 52.6 Å². The van der Waals surface area contributed by atoms with Crippen LogP contribution in [0.5, 0.6) is 11.5 Å². The molecule has 4 heteroatoms. The number of carbonyl (C=O) groups excluding carboxylic acids is 2. The Hall–Kier alpha value is -3.40. The molecule has 0 aromatic heterocycles. The van der Waals surface area contributed by atoms with Crippen LogP contribution in [-0.4, -0.2) is 25.8 Å². The van der Waals surface area contributed by atoms with E-state index in [2.05, 4.69) is 0 Å². The molecule has 28 heavy (non-hydrogen) atoms. The van der Waals surface area contributed by atoms with Crippen LogP contribution in [0.25, 0.3) is 0 Å². The first-order valence-electron chi connectivity index (χ1n) is 9.18. The number of hydrogen-bond donors (Lipinski definition) is 0. The van der Waals surface area contributed by atoms with Crippen LogP contribution >= 0.6 is 0 Å². The molecule has 0 amide bonds. The molecule has 0 fully saturated rings. The van der Waals surface area contributed by atoms with Crippen LogP contribution in [0.1, 0.15) is 54.1 Å². The Kier molecular flexibility index (Phi) is 3.63. The van der Waals surface area contributed by atoms with Crippen molar-refractivity contribution in [3.63, 3.8) is 0 Å². The Morgan fingerprint density at radius 2 is 0.964 bits per heavy atom. The van der Waals surface area contributed by atoms with E-state index in [9.17, 15) is 9.59 Å². The molecule has 4 nitrogen and oxygen atoms in total. The zero-order chi connectivity index (χ0) is 19.4. The summed E-state index contributed by atoms with van der Waals surface area (Å²) in [4.78, 5) is 26.2. The van der Waals surface area contributed by atoms with Crippen LogP contribution in [0.3, 0.4) is 0 Å². The SMILES string of the molecule is COc1ccc2c(c1)C(=O)c1cc3c(cc1C2)C(=O)c1cc(OC)ccc1C3. The highest BCUT2D eigenvalue weighted by molar-refractivity contribution is 6.16. The molecule has 2 aliphatic rings. The Bertz CT molecular complexity index is 1080. The van der Waals surface area contributed by atoms with Gasteiger partial charge in [0.1, 0.15) is 11.5 Å². The molecular formula is C24H18O4. The monoisotopic (exact) mass is 370 g/mol. The van der Waals surface area contributed by atoms with Crippen molar-refractivity contribution >= 4 is 11.6 Å². The zero-order valence-corrected chi connectivity index (χ0v) is 15.7. The minimum absolute atomic E-state index is 0.00840. The van der Waals surface area contributed by atoms with Gasteiger partial charge in [-0.15, -0.1) is 0 Å². The minimum Gasteiger partial charge on any atom is -0.497 e. The van der Waals surface area contributed by atoms with Crippen LogP contribution in [0.15, 0.2) is 48.5 Å². The van der Waals surface area contributed by atoms with Crippen molar-refractivity contribution in [2.45, 2.75) is 12.8 Å². The molecule has 2 aliphatic carbocycles. The molecule has 0 atom stereocenters. The number of methoxy groups -OCH3 is 2. The van der Waals surface area contributed by atoms with Gasteiger partial charge in [-0.2, -0.15) is 0 Å². The number of fused-ring (bicyclic) bond motifs is 4. The minimum atomic E-state index is -0.00840. The first-order valence-corrected chi connectivity index (χ1v) is 9.18. The third kappa shape index (κ3) is 2.38. The van der Waals surface area contributed by atoms with Crippen LogP contribution < -0.4 is 9.47 Å². The molecule has 3 aromatic carbocycles. The molecule has 0 aliphatic heterocycles. The molecule has 0 saturated carbocycles. The molecule has 0 unspecified atom stereocenters. The lowest BCUT2D eigenvalue weighted by Gasteiger charge is -2.24. The van der Waals surface area contributed by atoms with Gasteiger partial charge in [-0.3, -0.25) is 9.59 Å². The quantitative estimate of drug-likeness (QED) is 0.472. The molecule has 0 bridgehead atoms. The van der Waals surface area contributed by atoms with Gasteiger partial charge in [0.15, 0.2) is 11.6 Å². The van der Waals surface area contributed by atoms with Crippen molar-refractivity contribution in [3.05, 3.63) is 93.0 Å². The lowest BCUT2D eigenvalue weighted by Crippen LogP contribution is -2.21. The summed E-state index contributed by atoms with van der Waals surface area (Å²) in [7, 11) is 3.19. The van der Waals surface area contributed by atoms with Crippen LogP contribution in [0.4, 0.5) is 0 Å². The fourth-order valence-corrected chi connectivity index (χ4v) is 4.20. The highest BCUT2D eigenvalue weighted by Gasteiger charge is 2.30. The zero-order valence-electron chi connectivity index (χ0n) is 15.7. The first kappa shape index (κ1) is 16.8. The fourth-order valence-electron chi connectivity index (χ4n) is 4.20. The number of benzene rings is 3. The van der Waals surface area contributed by atoms with Gasteiger partial charge in [0.25, 0.3) is 0 Å². The smallest absolute Gasteiger partial charge is 0.193 e. The van der Waals surface area contributed by atoms with E-state index in [1.54, 1.807) is 26.4 Å². The second-order valence-electron chi connectivity index (χ2n) is 7.22. The molecule has 0 heterocycles. The summed E-state index contributed by atoms with van der Waals surface area (Å²) in [5, 5.41) is 0. The van der Waals surface area contributed by atoms with Gasteiger partial charge < -0.3 is 9.47 Å². The summed E-state index contributed by atoms with van der Waals surface area (Å²) >= 11 is 0. The predicted octanol–water partition coefficient (Wildman–Crippen LogP) is 3.97. The van der Waals surface area contributed by atoms with Crippen molar-refractivity contribution < 1.29 is 19.1 Å². The van der Waals surface area contributed by atoms with Gasteiger partial charge in [-0.1, -0.05) is 12.1 Å². The maximum Gasteiger partial charge on any atom is 0.193 e. The Balaban J connectivity index is 1.62. The summed E-state index contributed by atoms with van der Waals surface area (Å²) < 4.78 is 10.5. The third-order valence-electron chi connectivity index (χ3n) is 5.70. The van der Waals surface area contributed by atoms with Gasteiger partial charge in [0.05, 0.1) is 14.2 Å². The lowest BCUT2D eigenvalue weighted by molar-refractivity contribution is 0.102. The van der Waals surface area contributed by atoms with Gasteiger partial charge >= 0.3 is 0 Å². The van der Waals surface area contributed by atoms with Crippen molar-refractivity contribution in [2.75, 3.05) is 14.2 Å². The van der Waals surface area contributed by atoms with E-state index in [0.717, 1.165) is 22.3 Å². The highest BCUT2D eigenvalue weighted by atomic mass is 16.5. The van der Waals surface area contributed by atoms with Crippen molar-refractivity contribution in [3.8, 4) is 11.5 Å². The number of ether oxygens (including phenoxy) is 2. The fraction of sp³-hybridized carbons (Fsp3) is 0.167. The average Bonchev–Trinajstić information content (AvgIpc) is 2.73. The van der Waals surface area contributed by atoms with E-state index in [1.807, 2.05) is 36.4 Å². The normalized spacial score (nSPS) is 13.9. The number of rotatable bonds is 2. The number of carbonyl (C=O) groups is 2. The van der Waals surface area contributed by atoms with Crippen molar-refractivity contribution in [1.82, 2.24) is 0 Å². The summed E-state index contributed by atoms with van der Waals surface area (Å²) in [5.74, 6) is 1.33. The standard InChI is InChI=1S/C24H18O4/c1-27-17-5-3-13-7-15-10-20-16(9-19(15)23(25)21(13)11-17)8-14-4-6-18(28-2)12-22(14)24(20)26/h3-6,9-12H,7-8H2,1-2H3. The maximum absolute atomic E-state index is 13.1. The van der Waals surface area contributed by atoms with Crippen molar-refractivity contribution in [1.29, 1.82) is 0 Å². The largest absolute Gasteiger partial charge is 0.497 e. The third-order valence-corrected chi connectivity index (χ3v) is 5.70.